The average Bonchev–Trinajstić information content (AvgIpc) is 2.55. The first-order valence-electron chi connectivity index (χ1n) is 8.31. The molecule has 0 saturated carbocycles. The second kappa shape index (κ2) is 7.90. The highest BCUT2D eigenvalue weighted by Crippen LogP contribution is 2.11. The molecule has 0 N–H and O–H groups in total. The summed E-state index contributed by atoms with van der Waals surface area (Å²) >= 11 is 0. The van der Waals surface area contributed by atoms with Gasteiger partial charge in [0.25, 0.3) is 5.56 Å². The van der Waals surface area contributed by atoms with Crippen LogP contribution in [0.5, 0.6) is 0 Å². The Kier molecular flexibility index (Phi) is 5.90. The van der Waals surface area contributed by atoms with Crippen LogP contribution < -0.4 is 5.56 Å². The molecule has 0 saturated heterocycles. The molecule has 0 aliphatic carbocycles. The van der Waals surface area contributed by atoms with Gasteiger partial charge in [-0.05, 0) is 31.9 Å². The SMILES string of the molecule is CCCCN(CC)C(=O)CCn1cnc2c(C)cccc2c1=O. The van der Waals surface area contributed by atoms with Gasteiger partial charge in [0, 0.05) is 26.1 Å². The summed E-state index contributed by atoms with van der Waals surface area (Å²) in [6, 6.07) is 5.59. The molecule has 124 valence electrons. The number of fused-ring (bicyclic) bond motifs is 1. The van der Waals surface area contributed by atoms with Crippen LogP contribution in [0.2, 0.25) is 0 Å². The first kappa shape index (κ1) is 17.2. The predicted molar refractivity (Wildman–Crippen MR) is 92.5 cm³/mol. The number of para-hydroxylation sites is 1. The van der Waals surface area contributed by atoms with E-state index in [1.807, 2.05) is 30.9 Å². The largest absolute Gasteiger partial charge is 0.343 e. The number of aromatic nitrogens is 2. The fraction of sp³-hybridized carbons (Fsp3) is 0.500. The smallest absolute Gasteiger partial charge is 0.261 e. The van der Waals surface area contributed by atoms with E-state index in [0.29, 0.717) is 24.9 Å². The fourth-order valence-corrected chi connectivity index (χ4v) is 2.68. The summed E-state index contributed by atoms with van der Waals surface area (Å²) in [5.41, 5.74) is 1.64. The van der Waals surface area contributed by atoms with Crippen molar-refractivity contribution in [2.75, 3.05) is 13.1 Å². The minimum absolute atomic E-state index is 0.0805. The first-order chi connectivity index (χ1) is 11.1. The van der Waals surface area contributed by atoms with E-state index in [9.17, 15) is 9.59 Å². The van der Waals surface area contributed by atoms with Gasteiger partial charge in [-0.25, -0.2) is 4.98 Å². The van der Waals surface area contributed by atoms with Gasteiger partial charge in [-0.15, -0.1) is 0 Å². The van der Waals surface area contributed by atoms with Crippen molar-refractivity contribution in [2.24, 2.45) is 0 Å². The minimum atomic E-state index is -0.0805. The summed E-state index contributed by atoms with van der Waals surface area (Å²) in [7, 11) is 0. The van der Waals surface area contributed by atoms with Crippen LogP contribution in [-0.2, 0) is 11.3 Å². The number of hydrogen-bond donors (Lipinski definition) is 0. The van der Waals surface area contributed by atoms with Gasteiger partial charge in [0.1, 0.15) is 0 Å². The summed E-state index contributed by atoms with van der Waals surface area (Å²) in [6.07, 6.45) is 3.96. The zero-order valence-corrected chi connectivity index (χ0v) is 14.2. The van der Waals surface area contributed by atoms with Gasteiger partial charge in [-0.1, -0.05) is 25.5 Å². The lowest BCUT2D eigenvalue weighted by Crippen LogP contribution is -2.33. The molecule has 5 nitrogen and oxygen atoms in total. The standard InChI is InChI=1S/C18H25N3O2/c1-4-6-11-20(5-2)16(22)10-12-21-13-19-17-14(3)8-7-9-15(17)18(21)23/h7-9,13H,4-6,10-12H2,1-3H3. The van der Waals surface area contributed by atoms with Crippen molar-refractivity contribution in [3.05, 3.63) is 40.4 Å². The highest BCUT2D eigenvalue weighted by Gasteiger charge is 2.12. The summed E-state index contributed by atoms with van der Waals surface area (Å²) in [6.45, 7) is 7.91. The molecule has 0 unspecified atom stereocenters. The number of rotatable bonds is 7. The Morgan fingerprint density at radius 3 is 2.78 bits per heavy atom. The summed E-state index contributed by atoms with van der Waals surface area (Å²) in [4.78, 5) is 31.0. The summed E-state index contributed by atoms with van der Waals surface area (Å²) in [5, 5.41) is 0.610. The van der Waals surface area contributed by atoms with Crippen molar-refractivity contribution in [3.63, 3.8) is 0 Å². The van der Waals surface area contributed by atoms with Crippen LogP contribution in [0.4, 0.5) is 0 Å². The number of amides is 1. The molecule has 0 aliphatic heterocycles. The maximum absolute atomic E-state index is 12.5. The lowest BCUT2D eigenvalue weighted by molar-refractivity contribution is -0.131. The van der Waals surface area contributed by atoms with Crippen LogP contribution in [0.1, 0.15) is 38.7 Å². The zero-order chi connectivity index (χ0) is 16.8. The van der Waals surface area contributed by atoms with E-state index in [2.05, 4.69) is 11.9 Å². The summed E-state index contributed by atoms with van der Waals surface area (Å²) in [5.74, 6) is 0.0946. The number of hydrogen-bond acceptors (Lipinski definition) is 3. The molecular weight excluding hydrogens is 290 g/mol. The van der Waals surface area contributed by atoms with Crippen molar-refractivity contribution in [1.82, 2.24) is 14.5 Å². The molecule has 5 heteroatoms. The maximum Gasteiger partial charge on any atom is 0.261 e. The average molecular weight is 315 g/mol. The highest BCUT2D eigenvalue weighted by atomic mass is 16.2. The minimum Gasteiger partial charge on any atom is -0.343 e. The Bertz CT molecular complexity index is 737. The second-order valence-corrected chi connectivity index (χ2v) is 5.79. The lowest BCUT2D eigenvalue weighted by Gasteiger charge is -2.20. The third-order valence-corrected chi connectivity index (χ3v) is 4.14. The van der Waals surface area contributed by atoms with Crippen molar-refractivity contribution in [1.29, 1.82) is 0 Å². The van der Waals surface area contributed by atoms with Gasteiger partial charge < -0.3 is 4.90 Å². The van der Waals surface area contributed by atoms with Crippen LogP contribution in [0.3, 0.4) is 0 Å². The molecule has 0 radical (unpaired) electrons. The molecule has 2 aromatic rings. The van der Waals surface area contributed by atoms with Crippen LogP contribution in [0, 0.1) is 6.92 Å². The quantitative estimate of drug-likeness (QED) is 0.789. The van der Waals surface area contributed by atoms with Crippen molar-refractivity contribution < 1.29 is 4.79 Å². The van der Waals surface area contributed by atoms with Crippen molar-refractivity contribution in [2.45, 2.75) is 46.6 Å². The number of carbonyl (C=O) groups excluding carboxylic acids is 1. The molecule has 2 rings (SSSR count). The van der Waals surface area contributed by atoms with E-state index in [1.54, 1.807) is 12.4 Å². The molecule has 0 spiro atoms. The normalized spacial score (nSPS) is 10.9. The first-order valence-corrected chi connectivity index (χ1v) is 8.31. The van der Waals surface area contributed by atoms with Gasteiger partial charge in [-0.3, -0.25) is 14.2 Å². The Hall–Kier alpha value is -2.17. The van der Waals surface area contributed by atoms with Gasteiger partial charge in [0.15, 0.2) is 0 Å². The zero-order valence-electron chi connectivity index (χ0n) is 14.2. The number of unbranched alkanes of at least 4 members (excludes halogenated alkanes) is 1. The molecule has 23 heavy (non-hydrogen) atoms. The lowest BCUT2D eigenvalue weighted by atomic mass is 10.1. The van der Waals surface area contributed by atoms with Crippen molar-refractivity contribution in [3.8, 4) is 0 Å². The van der Waals surface area contributed by atoms with Crippen LogP contribution in [0.25, 0.3) is 10.9 Å². The molecule has 0 atom stereocenters. The van der Waals surface area contributed by atoms with E-state index < -0.39 is 0 Å². The Morgan fingerprint density at radius 2 is 2.09 bits per heavy atom. The fourth-order valence-electron chi connectivity index (χ4n) is 2.68. The Labute approximate surface area is 136 Å². The Morgan fingerprint density at radius 1 is 1.30 bits per heavy atom. The maximum atomic E-state index is 12.5. The molecule has 0 bridgehead atoms. The topological polar surface area (TPSA) is 55.2 Å². The van der Waals surface area contributed by atoms with E-state index >= 15 is 0 Å². The van der Waals surface area contributed by atoms with Crippen LogP contribution in [-0.4, -0.2) is 33.4 Å². The predicted octanol–water partition coefficient (Wildman–Crippen LogP) is 2.74. The molecular formula is C18H25N3O2. The second-order valence-electron chi connectivity index (χ2n) is 5.79. The third-order valence-electron chi connectivity index (χ3n) is 4.14. The van der Waals surface area contributed by atoms with Gasteiger partial charge in [0.2, 0.25) is 5.91 Å². The molecule has 1 amide bonds. The third kappa shape index (κ3) is 3.97. The molecule has 0 aliphatic rings. The highest BCUT2D eigenvalue weighted by molar-refractivity contribution is 5.80. The van der Waals surface area contributed by atoms with Gasteiger partial charge in [0.05, 0.1) is 17.2 Å². The van der Waals surface area contributed by atoms with Gasteiger partial charge >= 0.3 is 0 Å². The van der Waals surface area contributed by atoms with E-state index in [-0.39, 0.29) is 11.5 Å². The number of carbonyl (C=O) groups is 1. The number of nitrogens with zero attached hydrogens (tertiary/aromatic N) is 3. The molecule has 0 fully saturated rings. The van der Waals surface area contributed by atoms with E-state index in [0.717, 1.165) is 30.5 Å². The van der Waals surface area contributed by atoms with Crippen molar-refractivity contribution >= 4 is 16.8 Å². The molecule has 1 aromatic heterocycles. The number of aryl methyl sites for hydroxylation is 2. The number of benzene rings is 1. The molecule has 1 heterocycles. The monoisotopic (exact) mass is 315 g/mol. The summed E-state index contributed by atoms with van der Waals surface area (Å²) < 4.78 is 1.54. The van der Waals surface area contributed by atoms with E-state index in [1.165, 1.54) is 4.57 Å². The molecule has 1 aromatic carbocycles. The Balaban J connectivity index is 2.12. The van der Waals surface area contributed by atoms with E-state index in [4.69, 9.17) is 0 Å². The van der Waals surface area contributed by atoms with Crippen LogP contribution >= 0.6 is 0 Å². The van der Waals surface area contributed by atoms with Crippen LogP contribution in [0.15, 0.2) is 29.3 Å². The van der Waals surface area contributed by atoms with Gasteiger partial charge in [-0.2, -0.15) is 0 Å².